The highest BCUT2D eigenvalue weighted by molar-refractivity contribution is 7.99. The number of hydrogen-bond donors (Lipinski definition) is 1. The predicted molar refractivity (Wildman–Crippen MR) is 99.7 cm³/mol. The zero-order valence-corrected chi connectivity index (χ0v) is 15.0. The van der Waals surface area contributed by atoms with E-state index in [9.17, 15) is 4.79 Å². The Hall–Kier alpha value is -2.89. The summed E-state index contributed by atoms with van der Waals surface area (Å²) in [4.78, 5) is 14.3. The molecule has 0 saturated carbocycles. The maximum absolute atomic E-state index is 12.3. The standard InChI is InChI=1S/C17H13ClN6OS/c18-13-6-2-1-5-12(13)17-21-23-24(22-17)11-16(25)20-14-7-3-4-8-15(14)26-10-9-19/h1-8H,10-11H2,(H,20,25). The van der Waals surface area contributed by atoms with Gasteiger partial charge in [-0.1, -0.05) is 35.9 Å². The number of aromatic nitrogens is 4. The molecule has 0 radical (unpaired) electrons. The molecule has 0 bridgehead atoms. The van der Waals surface area contributed by atoms with Gasteiger partial charge in [0.25, 0.3) is 0 Å². The molecular formula is C17H13ClN6OS. The van der Waals surface area contributed by atoms with E-state index in [1.54, 1.807) is 18.2 Å². The fourth-order valence-electron chi connectivity index (χ4n) is 2.18. The number of nitrogens with zero attached hydrogens (tertiary/aromatic N) is 5. The smallest absolute Gasteiger partial charge is 0.248 e. The Morgan fingerprint density at radius 2 is 2.00 bits per heavy atom. The topological polar surface area (TPSA) is 96.5 Å². The normalized spacial score (nSPS) is 10.3. The van der Waals surface area contributed by atoms with Crippen molar-refractivity contribution in [3.63, 3.8) is 0 Å². The second-order valence-corrected chi connectivity index (χ2v) is 6.54. The summed E-state index contributed by atoms with van der Waals surface area (Å²) < 4.78 is 0. The van der Waals surface area contributed by atoms with E-state index in [0.717, 1.165) is 4.90 Å². The Balaban J connectivity index is 1.68. The summed E-state index contributed by atoms with van der Waals surface area (Å²) in [5.41, 5.74) is 1.29. The van der Waals surface area contributed by atoms with Crippen LogP contribution in [-0.2, 0) is 11.3 Å². The molecule has 1 amide bonds. The third-order valence-corrected chi connectivity index (χ3v) is 4.58. The van der Waals surface area contributed by atoms with Crippen molar-refractivity contribution in [2.24, 2.45) is 0 Å². The van der Waals surface area contributed by atoms with Gasteiger partial charge in [0.05, 0.1) is 22.5 Å². The molecule has 1 heterocycles. The maximum atomic E-state index is 12.3. The van der Waals surface area contributed by atoms with Gasteiger partial charge in [-0.25, -0.2) is 0 Å². The Morgan fingerprint density at radius 3 is 2.81 bits per heavy atom. The van der Waals surface area contributed by atoms with Crippen LogP contribution in [0.25, 0.3) is 11.4 Å². The highest BCUT2D eigenvalue weighted by Crippen LogP contribution is 2.26. The molecule has 0 fully saturated rings. The fourth-order valence-corrected chi connectivity index (χ4v) is 3.07. The van der Waals surface area contributed by atoms with Crippen LogP contribution in [0.1, 0.15) is 0 Å². The Morgan fingerprint density at radius 1 is 1.23 bits per heavy atom. The van der Waals surface area contributed by atoms with Gasteiger partial charge in [0.1, 0.15) is 6.54 Å². The number of benzene rings is 2. The van der Waals surface area contributed by atoms with Crippen molar-refractivity contribution in [1.82, 2.24) is 20.2 Å². The second kappa shape index (κ2) is 8.47. The van der Waals surface area contributed by atoms with Crippen LogP contribution in [0.5, 0.6) is 0 Å². The van der Waals surface area contributed by atoms with E-state index in [-0.39, 0.29) is 12.5 Å². The maximum Gasteiger partial charge on any atom is 0.248 e. The number of hydrogen-bond acceptors (Lipinski definition) is 6. The molecule has 0 aliphatic carbocycles. The number of halogens is 1. The van der Waals surface area contributed by atoms with Crippen LogP contribution in [0.4, 0.5) is 5.69 Å². The van der Waals surface area contributed by atoms with Gasteiger partial charge in [0.2, 0.25) is 11.7 Å². The van der Waals surface area contributed by atoms with Crippen LogP contribution in [-0.4, -0.2) is 31.9 Å². The fraction of sp³-hybridized carbons (Fsp3) is 0.118. The molecule has 0 saturated heterocycles. The van der Waals surface area contributed by atoms with Crippen molar-refractivity contribution in [1.29, 1.82) is 5.26 Å². The minimum Gasteiger partial charge on any atom is -0.323 e. The van der Waals surface area contributed by atoms with E-state index >= 15 is 0 Å². The monoisotopic (exact) mass is 384 g/mol. The molecular weight excluding hydrogens is 372 g/mol. The lowest BCUT2D eigenvalue weighted by molar-refractivity contribution is -0.117. The van der Waals surface area contributed by atoms with Crippen LogP contribution in [0, 0.1) is 11.3 Å². The van der Waals surface area contributed by atoms with Crippen molar-refractivity contribution >= 4 is 35.0 Å². The molecule has 1 N–H and O–H groups in total. The first kappa shape index (κ1) is 17.9. The third-order valence-electron chi connectivity index (χ3n) is 3.31. The molecule has 0 aliphatic rings. The van der Waals surface area contributed by atoms with Gasteiger partial charge in [-0.15, -0.1) is 22.0 Å². The third kappa shape index (κ3) is 4.39. The molecule has 7 nitrogen and oxygen atoms in total. The Kier molecular flexibility index (Phi) is 5.84. The Labute approximate surface area is 159 Å². The molecule has 0 unspecified atom stereocenters. The first-order valence-corrected chi connectivity index (χ1v) is 8.95. The number of para-hydroxylation sites is 1. The van der Waals surface area contributed by atoms with E-state index in [2.05, 4.69) is 26.8 Å². The molecule has 2 aromatic carbocycles. The molecule has 1 aromatic heterocycles. The molecule has 3 rings (SSSR count). The molecule has 0 spiro atoms. The molecule has 130 valence electrons. The molecule has 0 atom stereocenters. The first-order chi connectivity index (χ1) is 12.7. The van der Waals surface area contributed by atoms with Crippen LogP contribution in [0.2, 0.25) is 5.02 Å². The highest BCUT2D eigenvalue weighted by Gasteiger charge is 2.12. The average Bonchev–Trinajstić information content (AvgIpc) is 3.09. The number of carbonyl (C=O) groups excluding carboxylic acids is 1. The molecule has 3 aromatic rings. The number of amides is 1. The van der Waals surface area contributed by atoms with Gasteiger partial charge < -0.3 is 5.32 Å². The quantitative estimate of drug-likeness (QED) is 0.655. The summed E-state index contributed by atoms with van der Waals surface area (Å²) in [5.74, 6) is 0.366. The summed E-state index contributed by atoms with van der Waals surface area (Å²) in [6, 6.07) is 16.5. The number of thioether (sulfide) groups is 1. The van der Waals surface area contributed by atoms with Crippen molar-refractivity contribution in [3.05, 3.63) is 53.6 Å². The Bertz CT molecular complexity index is 968. The zero-order chi connectivity index (χ0) is 18.4. The van der Waals surface area contributed by atoms with Crippen LogP contribution in [0.3, 0.4) is 0 Å². The number of nitriles is 1. The van der Waals surface area contributed by atoms with E-state index in [1.165, 1.54) is 16.6 Å². The van der Waals surface area contributed by atoms with Crippen molar-refractivity contribution in [2.75, 3.05) is 11.1 Å². The van der Waals surface area contributed by atoms with E-state index in [1.807, 2.05) is 30.3 Å². The number of rotatable bonds is 6. The van der Waals surface area contributed by atoms with Gasteiger partial charge in [-0.2, -0.15) is 10.1 Å². The lowest BCUT2D eigenvalue weighted by atomic mass is 10.2. The number of tetrazole rings is 1. The average molecular weight is 385 g/mol. The summed E-state index contributed by atoms with van der Waals surface area (Å²) in [7, 11) is 0. The van der Waals surface area contributed by atoms with Gasteiger partial charge in [-0.05, 0) is 29.5 Å². The first-order valence-electron chi connectivity index (χ1n) is 7.58. The van der Waals surface area contributed by atoms with Crippen molar-refractivity contribution in [2.45, 2.75) is 11.4 Å². The lowest BCUT2D eigenvalue weighted by Gasteiger charge is -2.09. The van der Waals surface area contributed by atoms with Crippen molar-refractivity contribution in [3.8, 4) is 17.5 Å². The lowest BCUT2D eigenvalue weighted by Crippen LogP contribution is -2.20. The highest BCUT2D eigenvalue weighted by atomic mass is 35.5. The summed E-state index contributed by atoms with van der Waals surface area (Å²) in [5, 5.41) is 24.1. The minimum atomic E-state index is -0.293. The summed E-state index contributed by atoms with van der Waals surface area (Å²) in [6.07, 6.45) is 0. The van der Waals surface area contributed by atoms with Crippen LogP contribution >= 0.6 is 23.4 Å². The van der Waals surface area contributed by atoms with E-state index in [4.69, 9.17) is 16.9 Å². The summed E-state index contributed by atoms with van der Waals surface area (Å²) >= 11 is 7.48. The minimum absolute atomic E-state index is 0.0886. The van der Waals surface area contributed by atoms with Crippen LogP contribution < -0.4 is 5.32 Å². The van der Waals surface area contributed by atoms with Gasteiger partial charge in [-0.3, -0.25) is 4.79 Å². The number of nitrogens with one attached hydrogen (secondary N) is 1. The van der Waals surface area contributed by atoms with Crippen molar-refractivity contribution < 1.29 is 4.79 Å². The van der Waals surface area contributed by atoms with Gasteiger partial charge in [0, 0.05) is 10.5 Å². The molecule has 26 heavy (non-hydrogen) atoms. The molecule has 0 aliphatic heterocycles. The number of anilines is 1. The van der Waals surface area contributed by atoms with Crippen LogP contribution in [0.15, 0.2) is 53.4 Å². The van der Waals surface area contributed by atoms with E-state index in [0.29, 0.717) is 27.9 Å². The van der Waals surface area contributed by atoms with Gasteiger partial charge in [0.15, 0.2) is 0 Å². The SMILES string of the molecule is N#CCSc1ccccc1NC(=O)Cn1nnc(-c2ccccc2Cl)n1. The zero-order valence-electron chi connectivity index (χ0n) is 13.5. The predicted octanol–water partition coefficient (Wildman–Crippen LogP) is 3.25. The summed E-state index contributed by atoms with van der Waals surface area (Å²) in [6.45, 7) is -0.0886. The van der Waals surface area contributed by atoms with E-state index < -0.39 is 0 Å². The molecule has 9 heteroatoms. The number of carbonyl (C=O) groups is 1. The largest absolute Gasteiger partial charge is 0.323 e. The van der Waals surface area contributed by atoms with Gasteiger partial charge >= 0.3 is 0 Å². The second-order valence-electron chi connectivity index (χ2n) is 5.11.